The summed E-state index contributed by atoms with van der Waals surface area (Å²) in [7, 11) is 0. The number of primary amides is 1. The van der Waals surface area contributed by atoms with Gasteiger partial charge in [-0.15, -0.1) is 0 Å². The molecule has 1 amide bonds. The summed E-state index contributed by atoms with van der Waals surface area (Å²) in [5, 5.41) is 12.8. The van der Waals surface area contributed by atoms with Crippen LogP contribution in [0.2, 0.25) is 0 Å². The van der Waals surface area contributed by atoms with Crippen molar-refractivity contribution in [2.45, 2.75) is 38.8 Å². The third-order valence-corrected chi connectivity index (χ3v) is 4.03. The van der Waals surface area contributed by atoms with Gasteiger partial charge in [0.2, 0.25) is 5.91 Å². The summed E-state index contributed by atoms with van der Waals surface area (Å²) in [5.74, 6) is -0.686. The Hall–Kier alpha value is -1.39. The van der Waals surface area contributed by atoms with E-state index in [1.807, 2.05) is 12.1 Å². The molecule has 0 aromatic heterocycles. The molecule has 1 aliphatic carbocycles. The molecule has 0 saturated heterocycles. The van der Waals surface area contributed by atoms with Crippen molar-refractivity contribution in [3.63, 3.8) is 0 Å². The summed E-state index contributed by atoms with van der Waals surface area (Å²) in [6.07, 6.45) is 1.01. The van der Waals surface area contributed by atoms with Gasteiger partial charge in [-0.25, -0.2) is 0 Å². The number of aliphatic hydroxyl groups is 1. The number of hydrogen-bond acceptors (Lipinski definition) is 3. The molecule has 0 radical (unpaired) electrons. The number of rotatable bonds is 4. The number of amides is 1. The van der Waals surface area contributed by atoms with E-state index < -0.39 is 12.0 Å². The molecule has 0 bridgehead atoms. The Morgan fingerprint density at radius 2 is 2.21 bits per heavy atom. The molecule has 0 saturated carbocycles. The van der Waals surface area contributed by atoms with Crippen molar-refractivity contribution in [3.8, 4) is 0 Å². The zero-order valence-corrected chi connectivity index (χ0v) is 11.5. The van der Waals surface area contributed by atoms with Crippen molar-refractivity contribution >= 4 is 5.91 Å². The van der Waals surface area contributed by atoms with Crippen LogP contribution < -0.4 is 11.1 Å². The molecule has 1 aromatic rings. The maximum Gasteiger partial charge on any atom is 0.247 e. The quantitative estimate of drug-likeness (QED) is 0.761. The van der Waals surface area contributed by atoms with E-state index in [-0.39, 0.29) is 18.0 Å². The van der Waals surface area contributed by atoms with Crippen molar-refractivity contribution in [2.75, 3.05) is 6.54 Å². The van der Waals surface area contributed by atoms with Crippen LogP contribution in [0.5, 0.6) is 0 Å². The van der Waals surface area contributed by atoms with Gasteiger partial charge in [0.15, 0.2) is 0 Å². The highest BCUT2D eigenvalue weighted by Crippen LogP contribution is 2.43. The largest absolute Gasteiger partial charge is 0.382 e. The van der Waals surface area contributed by atoms with E-state index in [4.69, 9.17) is 5.73 Å². The summed E-state index contributed by atoms with van der Waals surface area (Å²) >= 11 is 0. The summed E-state index contributed by atoms with van der Waals surface area (Å²) < 4.78 is 0. The van der Waals surface area contributed by atoms with Gasteiger partial charge in [0.05, 0.1) is 0 Å². The lowest BCUT2D eigenvalue weighted by Gasteiger charge is -2.41. The molecular weight excluding hydrogens is 240 g/mol. The van der Waals surface area contributed by atoms with E-state index in [0.29, 0.717) is 0 Å². The second kappa shape index (κ2) is 5.31. The first-order valence-electron chi connectivity index (χ1n) is 6.70. The third kappa shape index (κ3) is 2.96. The first kappa shape index (κ1) is 14.0. The van der Waals surface area contributed by atoms with Crippen molar-refractivity contribution in [1.29, 1.82) is 0 Å². The smallest absolute Gasteiger partial charge is 0.247 e. The van der Waals surface area contributed by atoms with Crippen molar-refractivity contribution in [2.24, 2.45) is 11.1 Å². The van der Waals surface area contributed by atoms with Gasteiger partial charge >= 0.3 is 0 Å². The van der Waals surface area contributed by atoms with Crippen LogP contribution in [0.3, 0.4) is 0 Å². The number of nitrogens with one attached hydrogen (secondary N) is 1. The first-order valence-corrected chi connectivity index (χ1v) is 6.70. The van der Waals surface area contributed by atoms with E-state index in [9.17, 15) is 9.90 Å². The molecule has 4 heteroatoms. The molecule has 2 atom stereocenters. The maximum atomic E-state index is 10.9. The summed E-state index contributed by atoms with van der Waals surface area (Å²) in [5.41, 5.74) is 7.77. The van der Waals surface area contributed by atoms with Crippen molar-refractivity contribution in [3.05, 3.63) is 35.4 Å². The van der Waals surface area contributed by atoms with Gasteiger partial charge in [-0.3, -0.25) is 4.79 Å². The van der Waals surface area contributed by atoms with Crippen molar-refractivity contribution < 1.29 is 9.90 Å². The van der Waals surface area contributed by atoms with E-state index in [1.54, 1.807) is 0 Å². The predicted molar refractivity (Wildman–Crippen MR) is 74.5 cm³/mol. The van der Waals surface area contributed by atoms with E-state index in [2.05, 4.69) is 31.3 Å². The number of fused-ring (bicyclic) bond motifs is 1. The van der Waals surface area contributed by atoms with E-state index >= 15 is 0 Å². The number of nitrogens with two attached hydrogens (primary N) is 1. The second-order valence-electron chi connectivity index (χ2n) is 5.95. The lowest BCUT2D eigenvalue weighted by atomic mass is 9.70. The Bertz CT molecular complexity index is 471. The number of carbonyl (C=O) groups is 1. The number of carbonyl (C=O) groups excluding carboxylic acids is 1. The molecule has 4 nitrogen and oxygen atoms in total. The van der Waals surface area contributed by atoms with Crippen LogP contribution in [0.15, 0.2) is 24.3 Å². The molecule has 0 aliphatic heterocycles. The van der Waals surface area contributed by atoms with Gasteiger partial charge in [-0.05, 0) is 29.4 Å². The Morgan fingerprint density at radius 1 is 1.53 bits per heavy atom. The maximum absolute atomic E-state index is 10.9. The molecule has 1 aromatic carbocycles. The standard InChI is InChI=1S/C15H22N2O2/c1-15(2)8-7-10-5-3-4-6-11(10)13(15)17-9-12(18)14(16)19/h3-6,12-13,17-18H,7-9H2,1-2H3,(H2,16,19). The SMILES string of the molecule is CC1(C)CCc2ccccc2C1NCC(O)C(N)=O. The number of benzene rings is 1. The van der Waals surface area contributed by atoms with E-state index in [0.717, 1.165) is 12.8 Å². The van der Waals surface area contributed by atoms with Crippen LogP contribution in [0.1, 0.15) is 37.4 Å². The summed E-state index contributed by atoms with van der Waals surface area (Å²) in [6.45, 7) is 4.60. The predicted octanol–water partition coefficient (Wildman–Crippen LogP) is 1.14. The van der Waals surface area contributed by atoms with Crippen LogP contribution in [-0.2, 0) is 11.2 Å². The molecule has 1 aliphatic rings. The minimum absolute atomic E-state index is 0.0890. The molecule has 0 heterocycles. The minimum atomic E-state index is -1.13. The fourth-order valence-corrected chi connectivity index (χ4v) is 2.78. The molecule has 104 valence electrons. The highest BCUT2D eigenvalue weighted by molar-refractivity contribution is 5.78. The fraction of sp³-hybridized carbons (Fsp3) is 0.533. The molecule has 2 rings (SSSR count). The lowest BCUT2D eigenvalue weighted by molar-refractivity contribution is -0.125. The van der Waals surface area contributed by atoms with Gasteiger partial charge in [0.1, 0.15) is 6.10 Å². The topological polar surface area (TPSA) is 75.3 Å². The zero-order chi connectivity index (χ0) is 14.0. The fourth-order valence-electron chi connectivity index (χ4n) is 2.78. The second-order valence-corrected chi connectivity index (χ2v) is 5.95. The van der Waals surface area contributed by atoms with Gasteiger partial charge in [-0.2, -0.15) is 0 Å². The van der Waals surface area contributed by atoms with Gasteiger partial charge < -0.3 is 16.2 Å². The van der Waals surface area contributed by atoms with Crippen molar-refractivity contribution in [1.82, 2.24) is 5.32 Å². The van der Waals surface area contributed by atoms with Gasteiger partial charge in [-0.1, -0.05) is 38.1 Å². The minimum Gasteiger partial charge on any atom is -0.382 e. The number of hydrogen-bond donors (Lipinski definition) is 3. The Balaban J connectivity index is 2.19. The summed E-state index contributed by atoms with van der Waals surface area (Å²) in [6, 6.07) is 8.46. The van der Waals surface area contributed by atoms with Crippen LogP contribution in [0.25, 0.3) is 0 Å². The highest BCUT2D eigenvalue weighted by Gasteiger charge is 2.35. The highest BCUT2D eigenvalue weighted by atomic mass is 16.3. The molecule has 19 heavy (non-hydrogen) atoms. The average Bonchev–Trinajstić information content (AvgIpc) is 2.36. The van der Waals surface area contributed by atoms with Crippen LogP contribution >= 0.6 is 0 Å². The Morgan fingerprint density at radius 3 is 2.89 bits per heavy atom. The number of aryl methyl sites for hydroxylation is 1. The van der Waals surface area contributed by atoms with E-state index in [1.165, 1.54) is 11.1 Å². The third-order valence-electron chi connectivity index (χ3n) is 4.03. The van der Waals surface area contributed by atoms with Gasteiger partial charge in [0.25, 0.3) is 0 Å². The van der Waals surface area contributed by atoms with Crippen LogP contribution in [-0.4, -0.2) is 23.7 Å². The molecule has 2 unspecified atom stereocenters. The van der Waals surface area contributed by atoms with Gasteiger partial charge in [0, 0.05) is 12.6 Å². The van der Waals surface area contributed by atoms with Crippen LogP contribution in [0.4, 0.5) is 0 Å². The monoisotopic (exact) mass is 262 g/mol. The molecule has 0 spiro atoms. The first-order chi connectivity index (χ1) is 8.92. The Labute approximate surface area is 114 Å². The van der Waals surface area contributed by atoms with Crippen LogP contribution in [0, 0.1) is 5.41 Å². The number of aliphatic hydroxyl groups excluding tert-OH is 1. The summed E-state index contributed by atoms with van der Waals surface area (Å²) in [4.78, 5) is 10.9. The Kier molecular flexibility index (Phi) is 3.92. The normalized spacial score (nSPS) is 22.6. The molecular formula is C15H22N2O2. The lowest BCUT2D eigenvalue weighted by Crippen LogP contribution is -2.44. The zero-order valence-electron chi connectivity index (χ0n) is 11.5. The molecule has 0 fully saturated rings. The average molecular weight is 262 g/mol. The molecule has 4 N–H and O–H groups in total.